The van der Waals surface area contributed by atoms with Gasteiger partial charge in [0.15, 0.2) is 0 Å². The Labute approximate surface area is 115 Å². The average molecular weight is 257 g/mol. The molecule has 0 spiro atoms. The summed E-state index contributed by atoms with van der Waals surface area (Å²) >= 11 is 0. The van der Waals surface area contributed by atoms with E-state index in [4.69, 9.17) is 0 Å². The predicted octanol–water partition coefficient (Wildman–Crippen LogP) is 3.14. The van der Waals surface area contributed by atoms with Gasteiger partial charge in [0.2, 0.25) is 0 Å². The van der Waals surface area contributed by atoms with Gasteiger partial charge in [0.1, 0.15) is 0 Å². The fourth-order valence-electron chi connectivity index (χ4n) is 2.18. The Morgan fingerprint density at radius 1 is 1.16 bits per heavy atom. The highest BCUT2D eigenvalue weighted by Crippen LogP contribution is 2.14. The minimum Gasteiger partial charge on any atom is -0.307 e. The number of hydrogen-bond donors (Lipinski definition) is 1. The van der Waals surface area contributed by atoms with E-state index in [1.807, 2.05) is 18.7 Å². The van der Waals surface area contributed by atoms with Crippen LogP contribution in [0.15, 0.2) is 30.3 Å². The normalized spacial score (nSPS) is 11.2. The van der Waals surface area contributed by atoms with Gasteiger partial charge in [-0.25, -0.2) is 0 Å². The Balaban J connectivity index is 1.87. The molecule has 19 heavy (non-hydrogen) atoms. The largest absolute Gasteiger partial charge is 0.307 e. The van der Waals surface area contributed by atoms with Crippen molar-refractivity contribution in [3.63, 3.8) is 0 Å². The summed E-state index contributed by atoms with van der Waals surface area (Å²) in [7, 11) is 1.99. The SMILES string of the molecule is Cc1cc(CNCc2ccc(C(C)C)cc2)n(C)n1. The fraction of sp³-hybridized carbons (Fsp3) is 0.438. The maximum absolute atomic E-state index is 4.34. The third-order valence-corrected chi connectivity index (χ3v) is 3.38. The first-order valence-corrected chi connectivity index (χ1v) is 6.85. The lowest BCUT2D eigenvalue weighted by molar-refractivity contribution is 0.624. The summed E-state index contributed by atoms with van der Waals surface area (Å²) in [5, 5.41) is 7.80. The van der Waals surface area contributed by atoms with Crippen molar-refractivity contribution in [1.82, 2.24) is 15.1 Å². The van der Waals surface area contributed by atoms with Crippen molar-refractivity contribution < 1.29 is 0 Å². The topological polar surface area (TPSA) is 29.9 Å². The van der Waals surface area contributed by atoms with Gasteiger partial charge in [0.05, 0.1) is 11.4 Å². The van der Waals surface area contributed by atoms with Gasteiger partial charge >= 0.3 is 0 Å². The smallest absolute Gasteiger partial charge is 0.0597 e. The van der Waals surface area contributed by atoms with E-state index in [1.54, 1.807) is 0 Å². The van der Waals surface area contributed by atoms with Crippen molar-refractivity contribution in [3.05, 3.63) is 52.8 Å². The fourth-order valence-corrected chi connectivity index (χ4v) is 2.18. The molecule has 102 valence electrons. The van der Waals surface area contributed by atoms with Gasteiger partial charge in [-0.2, -0.15) is 5.10 Å². The molecular weight excluding hydrogens is 234 g/mol. The molecule has 1 aromatic heterocycles. The molecule has 0 radical (unpaired) electrons. The highest BCUT2D eigenvalue weighted by molar-refractivity contribution is 5.24. The van der Waals surface area contributed by atoms with Crippen LogP contribution in [0.2, 0.25) is 0 Å². The molecule has 0 saturated heterocycles. The molecule has 1 heterocycles. The average Bonchev–Trinajstić information content (AvgIpc) is 2.68. The van der Waals surface area contributed by atoms with Gasteiger partial charge in [0, 0.05) is 20.1 Å². The van der Waals surface area contributed by atoms with Crippen LogP contribution >= 0.6 is 0 Å². The second-order valence-corrected chi connectivity index (χ2v) is 5.40. The van der Waals surface area contributed by atoms with E-state index in [0.29, 0.717) is 5.92 Å². The monoisotopic (exact) mass is 257 g/mol. The number of hydrogen-bond acceptors (Lipinski definition) is 2. The molecule has 2 aromatic rings. The van der Waals surface area contributed by atoms with Crippen molar-refractivity contribution in [2.45, 2.75) is 39.8 Å². The lowest BCUT2D eigenvalue weighted by Crippen LogP contribution is -2.15. The number of aromatic nitrogens is 2. The highest BCUT2D eigenvalue weighted by Gasteiger charge is 2.02. The number of nitrogens with one attached hydrogen (secondary N) is 1. The van der Waals surface area contributed by atoms with Gasteiger partial charge in [-0.15, -0.1) is 0 Å². The van der Waals surface area contributed by atoms with Crippen LogP contribution in [0.1, 0.15) is 42.3 Å². The Bertz CT molecular complexity index is 523. The van der Waals surface area contributed by atoms with Crippen LogP contribution in [0.25, 0.3) is 0 Å². The zero-order valence-corrected chi connectivity index (χ0v) is 12.3. The van der Waals surface area contributed by atoms with Gasteiger partial charge in [-0.05, 0) is 30.0 Å². The van der Waals surface area contributed by atoms with Gasteiger partial charge in [-0.3, -0.25) is 4.68 Å². The van der Waals surface area contributed by atoms with Crippen LogP contribution in [0.4, 0.5) is 0 Å². The second-order valence-electron chi connectivity index (χ2n) is 5.40. The third-order valence-electron chi connectivity index (χ3n) is 3.38. The first-order valence-electron chi connectivity index (χ1n) is 6.85. The minimum absolute atomic E-state index is 0.597. The molecule has 0 fully saturated rings. The Morgan fingerprint density at radius 2 is 1.84 bits per heavy atom. The standard InChI is InChI=1S/C16H23N3/c1-12(2)15-7-5-14(6-8-15)10-17-11-16-9-13(3)18-19(16)4/h5-9,12,17H,10-11H2,1-4H3. The maximum Gasteiger partial charge on any atom is 0.0597 e. The second kappa shape index (κ2) is 6.02. The summed E-state index contributed by atoms with van der Waals surface area (Å²) in [6.07, 6.45) is 0. The van der Waals surface area contributed by atoms with Crippen LogP contribution in [0, 0.1) is 6.92 Å². The van der Waals surface area contributed by atoms with E-state index < -0.39 is 0 Å². The number of benzene rings is 1. The van der Waals surface area contributed by atoms with Crippen LogP contribution in [-0.4, -0.2) is 9.78 Å². The lowest BCUT2D eigenvalue weighted by atomic mass is 10.0. The Morgan fingerprint density at radius 3 is 2.37 bits per heavy atom. The molecule has 3 heteroatoms. The van der Waals surface area contributed by atoms with Crippen molar-refractivity contribution >= 4 is 0 Å². The summed E-state index contributed by atoms with van der Waals surface area (Å²) in [6, 6.07) is 11.0. The van der Waals surface area contributed by atoms with Crippen LogP contribution in [-0.2, 0) is 20.1 Å². The minimum atomic E-state index is 0.597. The summed E-state index contributed by atoms with van der Waals surface area (Å²) in [5.41, 5.74) is 5.01. The molecule has 0 bridgehead atoms. The number of nitrogens with zero attached hydrogens (tertiary/aromatic N) is 2. The molecule has 3 nitrogen and oxygen atoms in total. The van der Waals surface area contributed by atoms with E-state index in [1.165, 1.54) is 16.8 Å². The van der Waals surface area contributed by atoms with E-state index in [9.17, 15) is 0 Å². The highest BCUT2D eigenvalue weighted by atomic mass is 15.3. The molecule has 0 amide bonds. The first kappa shape index (κ1) is 13.8. The zero-order chi connectivity index (χ0) is 13.8. The first-order chi connectivity index (χ1) is 9.06. The summed E-state index contributed by atoms with van der Waals surface area (Å²) < 4.78 is 1.93. The Hall–Kier alpha value is -1.61. The molecule has 2 rings (SSSR count). The van der Waals surface area contributed by atoms with E-state index >= 15 is 0 Å². The number of aryl methyl sites for hydroxylation is 2. The molecule has 0 atom stereocenters. The third kappa shape index (κ3) is 3.67. The van der Waals surface area contributed by atoms with Crippen LogP contribution < -0.4 is 5.32 Å². The maximum atomic E-state index is 4.34. The molecule has 0 aliphatic carbocycles. The molecule has 0 unspecified atom stereocenters. The molecule has 0 saturated carbocycles. The Kier molecular flexibility index (Phi) is 4.38. The van der Waals surface area contributed by atoms with Crippen molar-refractivity contribution in [2.24, 2.45) is 7.05 Å². The van der Waals surface area contributed by atoms with Crippen molar-refractivity contribution in [2.75, 3.05) is 0 Å². The van der Waals surface area contributed by atoms with E-state index in [2.05, 4.69) is 54.6 Å². The summed E-state index contributed by atoms with van der Waals surface area (Å²) in [5.74, 6) is 0.597. The zero-order valence-electron chi connectivity index (χ0n) is 12.3. The molecule has 1 N–H and O–H groups in total. The predicted molar refractivity (Wildman–Crippen MR) is 79.0 cm³/mol. The molecule has 1 aromatic carbocycles. The van der Waals surface area contributed by atoms with Crippen LogP contribution in [0.5, 0.6) is 0 Å². The van der Waals surface area contributed by atoms with Gasteiger partial charge in [0.25, 0.3) is 0 Å². The quantitative estimate of drug-likeness (QED) is 0.891. The van der Waals surface area contributed by atoms with Gasteiger partial charge in [-0.1, -0.05) is 38.1 Å². The van der Waals surface area contributed by atoms with Crippen molar-refractivity contribution in [3.8, 4) is 0 Å². The molecular formula is C16H23N3. The molecule has 0 aliphatic heterocycles. The van der Waals surface area contributed by atoms with Crippen molar-refractivity contribution in [1.29, 1.82) is 0 Å². The summed E-state index contributed by atoms with van der Waals surface area (Å²) in [6.45, 7) is 8.20. The van der Waals surface area contributed by atoms with E-state index in [0.717, 1.165) is 18.8 Å². The van der Waals surface area contributed by atoms with E-state index in [-0.39, 0.29) is 0 Å². The molecule has 0 aliphatic rings. The summed E-state index contributed by atoms with van der Waals surface area (Å²) in [4.78, 5) is 0. The van der Waals surface area contributed by atoms with Gasteiger partial charge < -0.3 is 5.32 Å². The number of rotatable bonds is 5. The lowest BCUT2D eigenvalue weighted by Gasteiger charge is -2.08. The van der Waals surface area contributed by atoms with Crippen LogP contribution in [0.3, 0.4) is 0 Å².